The second kappa shape index (κ2) is 11.2. The lowest BCUT2D eigenvalue weighted by Gasteiger charge is -2.13. The van der Waals surface area contributed by atoms with Crippen molar-refractivity contribution in [2.24, 2.45) is 5.92 Å². The average Bonchev–Trinajstić information content (AvgIpc) is 3.59. The molecule has 2 aromatic carbocycles. The van der Waals surface area contributed by atoms with Crippen LogP contribution in [0.15, 0.2) is 85.5 Å². The Morgan fingerprint density at radius 2 is 1.81 bits per heavy atom. The van der Waals surface area contributed by atoms with Gasteiger partial charge in [0.05, 0.1) is 23.1 Å². The zero-order valence-corrected chi connectivity index (χ0v) is 25.3. The molecule has 6 aromatic rings. The van der Waals surface area contributed by atoms with E-state index in [4.69, 9.17) is 0 Å². The molecule has 0 amide bonds. The Balaban J connectivity index is 1.38. The van der Waals surface area contributed by atoms with E-state index < -0.39 is 9.39 Å². The SMILES string of the molecule is C=C(Nc1cncc(-c2ccc3[nH]nc(-c4cc5c(-c6cc(F)cc(CNS(=C)(=C)C)c6)ccnc5[nH]4)c3c2)c1)C(C)C. The highest BCUT2D eigenvalue weighted by molar-refractivity contribution is 8.25. The van der Waals surface area contributed by atoms with Crippen LogP contribution in [0.4, 0.5) is 10.1 Å². The van der Waals surface area contributed by atoms with Crippen molar-refractivity contribution in [3.8, 4) is 33.6 Å². The van der Waals surface area contributed by atoms with Crippen molar-refractivity contribution in [1.82, 2.24) is 29.9 Å². The van der Waals surface area contributed by atoms with Crippen LogP contribution in [0.5, 0.6) is 0 Å². The summed E-state index contributed by atoms with van der Waals surface area (Å²) < 4.78 is 18.0. The Bertz CT molecular complexity index is 2100. The molecule has 0 atom stereocenters. The number of benzene rings is 2. The van der Waals surface area contributed by atoms with Gasteiger partial charge in [-0.05, 0) is 83.0 Å². The van der Waals surface area contributed by atoms with Gasteiger partial charge in [-0.15, -0.1) is 0 Å². The van der Waals surface area contributed by atoms with Crippen molar-refractivity contribution in [3.63, 3.8) is 0 Å². The lowest BCUT2D eigenvalue weighted by atomic mass is 10.0. The minimum absolute atomic E-state index is 0.298. The zero-order valence-electron chi connectivity index (χ0n) is 24.5. The zero-order chi connectivity index (χ0) is 30.3. The molecule has 4 N–H and O–H groups in total. The monoisotopic (exact) mass is 591 g/mol. The fourth-order valence-electron chi connectivity index (χ4n) is 4.97. The lowest BCUT2D eigenvalue weighted by Crippen LogP contribution is -2.08. The molecule has 0 unspecified atom stereocenters. The van der Waals surface area contributed by atoms with Crippen molar-refractivity contribution in [3.05, 3.63) is 96.8 Å². The van der Waals surface area contributed by atoms with Crippen LogP contribution in [0, 0.1) is 11.7 Å². The quantitative estimate of drug-likeness (QED) is 0.128. The van der Waals surface area contributed by atoms with E-state index in [1.54, 1.807) is 18.5 Å². The van der Waals surface area contributed by atoms with E-state index >= 15 is 0 Å². The molecule has 0 saturated carbocycles. The van der Waals surface area contributed by atoms with Crippen molar-refractivity contribution < 1.29 is 4.39 Å². The van der Waals surface area contributed by atoms with Crippen molar-refractivity contribution in [2.75, 3.05) is 11.6 Å². The van der Waals surface area contributed by atoms with Crippen molar-refractivity contribution >= 4 is 48.8 Å². The maximum Gasteiger partial charge on any atom is 0.138 e. The van der Waals surface area contributed by atoms with Gasteiger partial charge in [0.25, 0.3) is 0 Å². The molecule has 0 bridgehead atoms. The molecule has 0 saturated heterocycles. The standard InChI is InChI=1S/C34H34FN7S/c1-20(2)21(3)39-27-14-25(18-36-19-27)23-7-8-31-30(15-23)33(42-41-31)32-16-29-28(9-10-37-34(29)40-32)24-11-22(12-26(35)13-24)17-38-43(4,5)6/h7-16,18-20,38-39H,3-5,17H2,1-2,6H3,(H,37,40)(H,41,42). The molecular formula is C34H34FN7S. The molecule has 4 aromatic heterocycles. The first kappa shape index (κ1) is 28.4. The number of aromatic amines is 2. The summed E-state index contributed by atoms with van der Waals surface area (Å²) >= 11 is 0. The Morgan fingerprint density at radius 3 is 2.60 bits per heavy atom. The van der Waals surface area contributed by atoms with Gasteiger partial charge in [-0.25, -0.2) is 9.37 Å². The van der Waals surface area contributed by atoms with Crippen molar-refractivity contribution in [2.45, 2.75) is 20.4 Å². The van der Waals surface area contributed by atoms with Gasteiger partial charge in [-0.2, -0.15) is 14.5 Å². The molecule has 0 aliphatic heterocycles. The summed E-state index contributed by atoms with van der Waals surface area (Å²) in [6.07, 6.45) is 7.34. The fraction of sp³-hybridized carbons (Fsp3) is 0.147. The van der Waals surface area contributed by atoms with E-state index in [-0.39, 0.29) is 5.82 Å². The highest BCUT2D eigenvalue weighted by Gasteiger charge is 2.16. The molecule has 0 radical (unpaired) electrons. The van der Waals surface area contributed by atoms with Crippen LogP contribution < -0.4 is 10.0 Å². The number of pyridine rings is 2. The Kier molecular flexibility index (Phi) is 7.37. The topological polar surface area (TPSA) is 94.3 Å². The van der Waals surface area contributed by atoms with Gasteiger partial charge in [0, 0.05) is 41.0 Å². The van der Waals surface area contributed by atoms with Crippen molar-refractivity contribution in [1.29, 1.82) is 0 Å². The van der Waals surface area contributed by atoms with Gasteiger partial charge in [0.1, 0.15) is 17.2 Å². The lowest BCUT2D eigenvalue weighted by molar-refractivity contribution is 0.625. The molecule has 0 fully saturated rings. The van der Waals surface area contributed by atoms with Crippen LogP contribution >= 0.6 is 9.39 Å². The summed E-state index contributed by atoms with van der Waals surface area (Å²) in [5.74, 6) is 8.13. The number of hydrogen-bond acceptors (Lipinski definition) is 5. The number of allylic oxidation sites excluding steroid dienone is 1. The Hall–Kier alpha value is -4.73. The number of H-pyrrole nitrogens is 2. The predicted octanol–water partition coefficient (Wildman–Crippen LogP) is 7.86. The maximum absolute atomic E-state index is 14.7. The van der Waals surface area contributed by atoms with Crippen LogP contribution in [0.25, 0.3) is 55.6 Å². The molecule has 0 spiro atoms. The van der Waals surface area contributed by atoms with Gasteiger partial charge in [0.2, 0.25) is 0 Å². The average molecular weight is 592 g/mol. The molecule has 43 heavy (non-hydrogen) atoms. The van der Waals surface area contributed by atoms with Gasteiger partial charge in [-0.3, -0.25) is 14.8 Å². The minimum atomic E-state index is -1.43. The summed E-state index contributed by atoms with van der Waals surface area (Å²) in [5.41, 5.74) is 9.49. The molecule has 7 nitrogen and oxygen atoms in total. The highest BCUT2D eigenvalue weighted by Crippen LogP contribution is 2.35. The maximum atomic E-state index is 14.7. The first-order chi connectivity index (χ1) is 20.5. The first-order valence-electron chi connectivity index (χ1n) is 13.9. The molecule has 0 aliphatic carbocycles. The number of rotatable bonds is 9. The van der Waals surface area contributed by atoms with Crippen LogP contribution in [-0.2, 0) is 6.54 Å². The van der Waals surface area contributed by atoms with Gasteiger partial charge < -0.3 is 10.3 Å². The Labute approximate surface area is 250 Å². The second-order valence-electron chi connectivity index (χ2n) is 11.3. The van der Waals surface area contributed by atoms with Crippen LogP contribution in [0.3, 0.4) is 0 Å². The van der Waals surface area contributed by atoms with Crippen LogP contribution in [0.1, 0.15) is 19.4 Å². The summed E-state index contributed by atoms with van der Waals surface area (Å²) in [4.78, 5) is 12.4. The van der Waals surface area contributed by atoms with Crippen LogP contribution in [0.2, 0.25) is 0 Å². The van der Waals surface area contributed by atoms with Gasteiger partial charge >= 0.3 is 0 Å². The summed E-state index contributed by atoms with van der Waals surface area (Å²) in [6, 6.07) is 17.3. The van der Waals surface area contributed by atoms with Crippen LogP contribution in [-0.4, -0.2) is 43.1 Å². The molecular weight excluding hydrogens is 557 g/mol. The third-order valence-electron chi connectivity index (χ3n) is 7.32. The second-order valence-corrected chi connectivity index (χ2v) is 14.2. The van der Waals surface area contributed by atoms with E-state index in [2.05, 4.69) is 85.6 Å². The summed E-state index contributed by atoms with van der Waals surface area (Å²) in [6.45, 7) is 8.80. The molecule has 6 rings (SSSR count). The number of aromatic nitrogens is 5. The predicted molar refractivity (Wildman–Crippen MR) is 182 cm³/mol. The van der Waals surface area contributed by atoms with Gasteiger partial charge in [0.15, 0.2) is 0 Å². The van der Waals surface area contributed by atoms with Gasteiger partial charge in [-0.1, -0.05) is 38.2 Å². The number of halogens is 1. The third-order valence-corrected chi connectivity index (χ3v) is 8.16. The molecule has 4 heterocycles. The molecule has 0 aliphatic rings. The number of hydrogen-bond donors (Lipinski definition) is 4. The fourth-order valence-corrected chi connectivity index (χ4v) is 5.48. The summed E-state index contributed by atoms with van der Waals surface area (Å²) in [5, 5.41) is 13.0. The highest BCUT2D eigenvalue weighted by atomic mass is 32.2. The first-order valence-corrected chi connectivity index (χ1v) is 16.3. The minimum Gasteiger partial charge on any atom is -0.358 e. The largest absolute Gasteiger partial charge is 0.358 e. The van der Waals surface area contributed by atoms with E-state index in [9.17, 15) is 4.39 Å². The number of nitrogens with zero attached hydrogens (tertiary/aromatic N) is 3. The Morgan fingerprint density at radius 1 is 0.977 bits per heavy atom. The number of fused-ring (bicyclic) bond motifs is 2. The van der Waals surface area contributed by atoms with E-state index in [0.717, 1.165) is 66.9 Å². The summed E-state index contributed by atoms with van der Waals surface area (Å²) in [7, 11) is -1.43. The normalized spacial score (nSPS) is 11.9. The number of anilines is 1. The molecule has 9 heteroatoms. The van der Waals surface area contributed by atoms with E-state index in [0.29, 0.717) is 18.1 Å². The molecule has 218 valence electrons. The van der Waals surface area contributed by atoms with E-state index in [1.807, 2.05) is 36.7 Å². The third kappa shape index (κ3) is 6.09. The smallest absolute Gasteiger partial charge is 0.138 e. The number of nitrogens with one attached hydrogen (secondary N) is 4. The van der Waals surface area contributed by atoms with E-state index in [1.165, 1.54) is 6.07 Å².